The lowest BCUT2D eigenvalue weighted by molar-refractivity contribution is -0.121. The first-order valence-electron chi connectivity index (χ1n) is 5.48. The molecule has 1 rings (SSSR count). The van der Waals surface area contributed by atoms with Gasteiger partial charge in [0, 0.05) is 17.2 Å². The predicted molar refractivity (Wildman–Crippen MR) is 76.0 cm³/mol. The molecule has 5 nitrogen and oxygen atoms in total. The molecule has 0 saturated carbocycles. The van der Waals surface area contributed by atoms with Gasteiger partial charge in [-0.25, -0.2) is 8.42 Å². The topological polar surface area (TPSA) is 72.5 Å². The number of benzene rings is 1. The predicted octanol–water partition coefficient (Wildman–Crippen LogP) is 2.28. The van der Waals surface area contributed by atoms with Gasteiger partial charge in [-0.05, 0) is 41.1 Å². The summed E-state index contributed by atoms with van der Waals surface area (Å²) in [6, 6.07) is 4.18. The number of amides is 1. The third-order valence-corrected chi connectivity index (χ3v) is 4.12. The van der Waals surface area contributed by atoms with E-state index < -0.39 is 9.05 Å². The monoisotopic (exact) mass is 369 g/mol. The third-order valence-electron chi connectivity index (χ3n) is 2.15. The first-order valence-corrected chi connectivity index (χ1v) is 8.58. The number of halogens is 2. The Labute approximate surface area is 124 Å². The molecule has 0 fully saturated rings. The summed E-state index contributed by atoms with van der Waals surface area (Å²) in [7, 11) is 1.46. The van der Waals surface area contributed by atoms with Crippen molar-refractivity contribution in [3.63, 3.8) is 0 Å². The summed E-state index contributed by atoms with van der Waals surface area (Å²) in [6.45, 7) is 2.61. The van der Waals surface area contributed by atoms with Crippen LogP contribution in [0.15, 0.2) is 27.6 Å². The molecular weight excluding hydrogens is 358 g/mol. The van der Waals surface area contributed by atoms with E-state index in [1.807, 2.05) is 6.92 Å². The second kappa shape index (κ2) is 7.12. The van der Waals surface area contributed by atoms with Crippen molar-refractivity contribution in [3.8, 4) is 5.75 Å². The Bertz CT molecular complexity index is 562. The van der Waals surface area contributed by atoms with Gasteiger partial charge in [0.25, 0.3) is 9.05 Å². The largest absolute Gasteiger partial charge is 0.492 e. The number of hydrogen-bond donors (Lipinski definition) is 1. The Morgan fingerprint density at radius 1 is 1.47 bits per heavy atom. The van der Waals surface area contributed by atoms with E-state index in [1.165, 1.54) is 18.2 Å². The fourth-order valence-corrected chi connectivity index (χ4v) is 2.71. The molecule has 0 unspecified atom stereocenters. The van der Waals surface area contributed by atoms with Crippen LogP contribution < -0.4 is 10.1 Å². The standard InChI is InChI=1S/C11H13BrClNO4S/c1-2-14-11(15)5-6-18-10-4-3-8(7-9(10)12)19(13,16)17/h3-4,7H,2,5-6H2,1H3,(H,14,15). The fourth-order valence-electron chi connectivity index (χ4n) is 1.29. The van der Waals surface area contributed by atoms with Gasteiger partial charge in [-0.15, -0.1) is 0 Å². The maximum absolute atomic E-state index is 11.2. The number of nitrogens with one attached hydrogen (secondary N) is 1. The summed E-state index contributed by atoms with van der Waals surface area (Å²) < 4.78 is 28.1. The van der Waals surface area contributed by atoms with Crippen molar-refractivity contribution < 1.29 is 17.9 Å². The minimum atomic E-state index is -3.76. The number of carbonyl (C=O) groups is 1. The molecule has 8 heteroatoms. The zero-order chi connectivity index (χ0) is 14.5. The van der Waals surface area contributed by atoms with Gasteiger partial charge in [-0.1, -0.05) is 0 Å². The van der Waals surface area contributed by atoms with E-state index in [9.17, 15) is 13.2 Å². The zero-order valence-corrected chi connectivity index (χ0v) is 13.3. The molecule has 0 aliphatic carbocycles. The fraction of sp³-hybridized carbons (Fsp3) is 0.364. The normalized spacial score (nSPS) is 11.1. The van der Waals surface area contributed by atoms with Gasteiger partial charge >= 0.3 is 0 Å². The van der Waals surface area contributed by atoms with Gasteiger partial charge in [0.15, 0.2) is 0 Å². The van der Waals surface area contributed by atoms with Crippen molar-refractivity contribution >= 4 is 41.6 Å². The Morgan fingerprint density at radius 2 is 2.16 bits per heavy atom. The second-order valence-corrected chi connectivity index (χ2v) is 7.00. The number of rotatable bonds is 6. The summed E-state index contributed by atoms with van der Waals surface area (Å²) in [5, 5.41) is 2.65. The van der Waals surface area contributed by atoms with Crippen molar-refractivity contribution in [2.24, 2.45) is 0 Å². The Morgan fingerprint density at radius 3 is 2.68 bits per heavy atom. The summed E-state index contributed by atoms with van der Waals surface area (Å²) in [4.78, 5) is 11.2. The van der Waals surface area contributed by atoms with Gasteiger partial charge in [-0.2, -0.15) is 0 Å². The molecule has 1 N–H and O–H groups in total. The molecule has 0 spiro atoms. The van der Waals surface area contributed by atoms with Crippen LogP contribution in [0, 0.1) is 0 Å². The van der Waals surface area contributed by atoms with E-state index in [0.29, 0.717) is 16.8 Å². The Kier molecular flexibility index (Phi) is 6.09. The van der Waals surface area contributed by atoms with Crippen molar-refractivity contribution in [1.82, 2.24) is 5.32 Å². The Balaban J connectivity index is 2.64. The maximum atomic E-state index is 11.2. The van der Waals surface area contributed by atoms with Crippen molar-refractivity contribution in [2.75, 3.05) is 13.2 Å². The van der Waals surface area contributed by atoms with E-state index in [0.717, 1.165) is 0 Å². The molecule has 106 valence electrons. The minimum Gasteiger partial charge on any atom is -0.492 e. The second-order valence-electron chi connectivity index (χ2n) is 3.58. The van der Waals surface area contributed by atoms with Crippen molar-refractivity contribution in [1.29, 1.82) is 0 Å². The molecule has 0 atom stereocenters. The zero-order valence-electron chi connectivity index (χ0n) is 10.2. The molecular formula is C11H13BrClNO4S. The average molecular weight is 371 g/mol. The van der Waals surface area contributed by atoms with Gasteiger partial charge in [-0.3, -0.25) is 4.79 Å². The summed E-state index contributed by atoms with van der Waals surface area (Å²) >= 11 is 3.19. The van der Waals surface area contributed by atoms with E-state index in [2.05, 4.69) is 21.2 Å². The molecule has 0 bridgehead atoms. The van der Waals surface area contributed by atoms with Crippen molar-refractivity contribution in [3.05, 3.63) is 22.7 Å². The molecule has 0 saturated heterocycles. The van der Waals surface area contributed by atoms with Crippen LogP contribution in [0.5, 0.6) is 5.75 Å². The summed E-state index contributed by atoms with van der Waals surface area (Å²) in [5.74, 6) is 0.354. The van der Waals surface area contributed by atoms with E-state index >= 15 is 0 Å². The van der Waals surface area contributed by atoms with E-state index in [4.69, 9.17) is 15.4 Å². The van der Waals surface area contributed by atoms with Crippen LogP contribution in [0.3, 0.4) is 0 Å². The van der Waals surface area contributed by atoms with E-state index in [1.54, 1.807) is 0 Å². The molecule has 1 aromatic rings. The minimum absolute atomic E-state index is 0.0166. The smallest absolute Gasteiger partial charge is 0.261 e. The van der Waals surface area contributed by atoms with Crippen LogP contribution in [0.1, 0.15) is 13.3 Å². The molecule has 0 aliphatic heterocycles. The highest BCUT2D eigenvalue weighted by Crippen LogP contribution is 2.29. The van der Waals surface area contributed by atoms with Crippen LogP contribution in [0.4, 0.5) is 0 Å². The van der Waals surface area contributed by atoms with E-state index in [-0.39, 0.29) is 23.8 Å². The van der Waals surface area contributed by atoms with Crippen LogP contribution in [-0.2, 0) is 13.8 Å². The first kappa shape index (κ1) is 16.3. The van der Waals surface area contributed by atoms with Crippen LogP contribution >= 0.6 is 26.6 Å². The lowest BCUT2D eigenvalue weighted by Crippen LogP contribution is -2.24. The Hall–Kier alpha value is -0.790. The molecule has 0 heterocycles. The van der Waals surface area contributed by atoms with Crippen LogP contribution in [0.2, 0.25) is 0 Å². The number of ether oxygens (including phenoxy) is 1. The maximum Gasteiger partial charge on any atom is 0.261 e. The molecule has 1 amide bonds. The number of carbonyl (C=O) groups excluding carboxylic acids is 1. The van der Waals surface area contributed by atoms with Gasteiger partial charge in [0.1, 0.15) is 5.75 Å². The average Bonchev–Trinajstić information content (AvgIpc) is 2.30. The van der Waals surface area contributed by atoms with Gasteiger partial charge in [0.2, 0.25) is 5.91 Å². The molecule has 1 aromatic carbocycles. The lowest BCUT2D eigenvalue weighted by atomic mass is 10.3. The summed E-state index contributed by atoms with van der Waals surface area (Å²) in [6.07, 6.45) is 0.232. The highest BCUT2D eigenvalue weighted by atomic mass is 79.9. The van der Waals surface area contributed by atoms with Gasteiger partial charge in [0.05, 0.1) is 22.4 Å². The summed E-state index contributed by atoms with van der Waals surface area (Å²) in [5.41, 5.74) is 0. The quantitative estimate of drug-likeness (QED) is 0.780. The highest BCUT2D eigenvalue weighted by Gasteiger charge is 2.12. The molecule has 0 radical (unpaired) electrons. The van der Waals surface area contributed by atoms with Gasteiger partial charge < -0.3 is 10.1 Å². The lowest BCUT2D eigenvalue weighted by Gasteiger charge is -2.08. The molecule has 19 heavy (non-hydrogen) atoms. The van der Waals surface area contributed by atoms with Crippen molar-refractivity contribution in [2.45, 2.75) is 18.2 Å². The number of hydrogen-bond acceptors (Lipinski definition) is 4. The first-order chi connectivity index (χ1) is 8.84. The van der Waals surface area contributed by atoms with Crippen LogP contribution in [-0.4, -0.2) is 27.5 Å². The van der Waals surface area contributed by atoms with Crippen LogP contribution in [0.25, 0.3) is 0 Å². The molecule has 0 aliphatic rings. The molecule has 0 aromatic heterocycles. The SMILES string of the molecule is CCNC(=O)CCOc1ccc(S(=O)(=O)Cl)cc1Br. The highest BCUT2D eigenvalue weighted by molar-refractivity contribution is 9.10. The third kappa shape index (κ3) is 5.38.